The number of amides is 1. The summed E-state index contributed by atoms with van der Waals surface area (Å²) >= 11 is 6.01. The minimum atomic E-state index is -1.10. The number of aliphatic hydroxyl groups excluding tert-OH is 2. The number of methoxy groups -OCH3 is 1. The lowest BCUT2D eigenvalue weighted by atomic mass is 10.0. The third-order valence-electron chi connectivity index (χ3n) is 2.70. The molecule has 1 rings (SSSR count). The summed E-state index contributed by atoms with van der Waals surface area (Å²) in [4.78, 5) is 10.7. The van der Waals surface area contributed by atoms with Crippen LogP contribution in [0.4, 0.5) is 0 Å². The quantitative estimate of drug-likeness (QED) is 0.736. The highest BCUT2D eigenvalue weighted by Gasteiger charge is 2.20. The van der Waals surface area contributed by atoms with Gasteiger partial charge in [0.05, 0.1) is 18.2 Å². The van der Waals surface area contributed by atoms with Crippen molar-refractivity contribution >= 4 is 17.5 Å². The maximum atomic E-state index is 10.7. The Morgan fingerprint density at radius 1 is 1.47 bits per heavy atom. The van der Waals surface area contributed by atoms with Crippen LogP contribution in [0.5, 0.6) is 5.75 Å². The van der Waals surface area contributed by atoms with E-state index in [1.165, 1.54) is 14.0 Å². The van der Waals surface area contributed by atoms with Gasteiger partial charge in [-0.15, -0.1) is 0 Å². The maximum Gasteiger partial charge on any atom is 0.216 e. The first-order valence-electron chi connectivity index (χ1n) is 5.89. The molecule has 19 heavy (non-hydrogen) atoms. The lowest BCUT2D eigenvalue weighted by Crippen LogP contribution is -2.27. The molecule has 0 heterocycles. The van der Waals surface area contributed by atoms with Crippen molar-refractivity contribution in [3.8, 4) is 5.75 Å². The van der Waals surface area contributed by atoms with Crippen LogP contribution in [0, 0.1) is 0 Å². The minimum Gasteiger partial charge on any atom is -0.497 e. The van der Waals surface area contributed by atoms with Crippen LogP contribution in [0.2, 0.25) is 5.02 Å². The van der Waals surface area contributed by atoms with Crippen molar-refractivity contribution in [1.82, 2.24) is 5.32 Å². The highest BCUT2D eigenvalue weighted by Crippen LogP contribution is 2.29. The average molecular weight is 288 g/mol. The number of hydrogen-bond donors (Lipinski definition) is 3. The van der Waals surface area contributed by atoms with E-state index in [9.17, 15) is 15.0 Å². The van der Waals surface area contributed by atoms with Crippen LogP contribution in [0.15, 0.2) is 18.2 Å². The van der Waals surface area contributed by atoms with Crippen molar-refractivity contribution in [2.75, 3.05) is 13.7 Å². The number of benzene rings is 1. The van der Waals surface area contributed by atoms with Crippen LogP contribution in [0.1, 0.15) is 25.0 Å². The maximum absolute atomic E-state index is 10.7. The van der Waals surface area contributed by atoms with Crippen molar-refractivity contribution in [3.05, 3.63) is 28.8 Å². The van der Waals surface area contributed by atoms with E-state index in [1.807, 2.05) is 0 Å². The number of carbonyl (C=O) groups excluding carboxylic acids is 1. The molecular formula is C13H18ClNO4. The lowest BCUT2D eigenvalue weighted by Gasteiger charge is -2.19. The van der Waals surface area contributed by atoms with Gasteiger partial charge in [0.2, 0.25) is 5.91 Å². The highest BCUT2D eigenvalue weighted by atomic mass is 35.5. The normalized spacial score (nSPS) is 13.7. The summed E-state index contributed by atoms with van der Waals surface area (Å²) in [5.74, 6) is 0.401. The van der Waals surface area contributed by atoms with E-state index in [0.29, 0.717) is 22.9 Å². The van der Waals surface area contributed by atoms with Gasteiger partial charge < -0.3 is 20.3 Å². The molecule has 1 amide bonds. The first-order valence-corrected chi connectivity index (χ1v) is 6.27. The van der Waals surface area contributed by atoms with E-state index in [4.69, 9.17) is 16.3 Å². The summed E-state index contributed by atoms with van der Waals surface area (Å²) < 4.78 is 5.01. The van der Waals surface area contributed by atoms with Gasteiger partial charge in [-0.25, -0.2) is 0 Å². The Morgan fingerprint density at radius 2 is 2.16 bits per heavy atom. The summed E-state index contributed by atoms with van der Waals surface area (Å²) in [7, 11) is 1.52. The fourth-order valence-electron chi connectivity index (χ4n) is 1.64. The largest absolute Gasteiger partial charge is 0.497 e. The van der Waals surface area contributed by atoms with Crippen LogP contribution in [-0.4, -0.2) is 35.9 Å². The van der Waals surface area contributed by atoms with Crippen molar-refractivity contribution in [2.24, 2.45) is 0 Å². The molecule has 0 aliphatic carbocycles. The second-order valence-electron chi connectivity index (χ2n) is 4.17. The molecule has 0 aromatic heterocycles. The predicted molar refractivity (Wildman–Crippen MR) is 72.3 cm³/mol. The molecule has 0 bridgehead atoms. The zero-order valence-electron chi connectivity index (χ0n) is 10.9. The predicted octanol–water partition coefficient (Wildman–Crippen LogP) is 1.27. The van der Waals surface area contributed by atoms with E-state index in [1.54, 1.807) is 18.2 Å². The second-order valence-corrected chi connectivity index (χ2v) is 4.58. The molecule has 106 valence electrons. The van der Waals surface area contributed by atoms with Gasteiger partial charge in [0.25, 0.3) is 0 Å². The molecule has 1 aromatic rings. The third-order valence-corrected chi connectivity index (χ3v) is 3.03. The van der Waals surface area contributed by atoms with E-state index >= 15 is 0 Å². The molecule has 0 fully saturated rings. The molecule has 0 aliphatic rings. The number of halogens is 1. The van der Waals surface area contributed by atoms with Gasteiger partial charge in [-0.2, -0.15) is 0 Å². The van der Waals surface area contributed by atoms with Gasteiger partial charge in [-0.1, -0.05) is 17.7 Å². The summed E-state index contributed by atoms with van der Waals surface area (Å²) in [6, 6.07) is 4.83. The van der Waals surface area contributed by atoms with Crippen LogP contribution in [0.3, 0.4) is 0 Å². The lowest BCUT2D eigenvalue weighted by molar-refractivity contribution is -0.119. The molecule has 3 N–H and O–H groups in total. The van der Waals surface area contributed by atoms with Crippen LogP contribution in [-0.2, 0) is 4.79 Å². The highest BCUT2D eigenvalue weighted by molar-refractivity contribution is 6.31. The molecular weight excluding hydrogens is 270 g/mol. The second kappa shape index (κ2) is 7.33. The molecule has 1 aromatic carbocycles. The van der Waals surface area contributed by atoms with Gasteiger partial charge in [-0.3, -0.25) is 4.79 Å². The van der Waals surface area contributed by atoms with E-state index in [-0.39, 0.29) is 12.3 Å². The van der Waals surface area contributed by atoms with E-state index in [0.717, 1.165) is 0 Å². The number of rotatable bonds is 6. The number of hydrogen-bond acceptors (Lipinski definition) is 4. The van der Waals surface area contributed by atoms with E-state index < -0.39 is 12.2 Å². The fraction of sp³-hybridized carbons (Fsp3) is 0.462. The van der Waals surface area contributed by atoms with Crippen molar-refractivity contribution in [3.63, 3.8) is 0 Å². The number of carbonyl (C=O) groups is 1. The smallest absolute Gasteiger partial charge is 0.216 e. The summed E-state index contributed by atoms with van der Waals surface area (Å²) in [5.41, 5.74) is 0.429. The van der Waals surface area contributed by atoms with Crippen molar-refractivity contribution < 1.29 is 19.7 Å². The Labute approximate surface area is 117 Å². The Hall–Kier alpha value is -1.30. The first-order chi connectivity index (χ1) is 8.95. The Kier molecular flexibility index (Phi) is 6.08. The molecule has 2 unspecified atom stereocenters. The zero-order chi connectivity index (χ0) is 14.4. The summed E-state index contributed by atoms with van der Waals surface area (Å²) in [6.45, 7) is 1.69. The Morgan fingerprint density at radius 3 is 2.68 bits per heavy atom. The summed E-state index contributed by atoms with van der Waals surface area (Å²) in [5, 5.41) is 22.7. The van der Waals surface area contributed by atoms with Gasteiger partial charge in [-0.05, 0) is 18.6 Å². The molecule has 0 radical (unpaired) electrons. The SMILES string of the molecule is COc1ccc(C(O)C(O)CCNC(C)=O)c(Cl)c1. The molecule has 6 heteroatoms. The molecule has 0 spiro atoms. The van der Waals surface area contributed by atoms with Gasteiger partial charge in [0.1, 0.15) is 11.9 Å². The fourth-order valence-corrected chi connectivity index (χ4v) is 1.92. The number of ether oxygens (including phenoxy) is 1. The molecule has 0 saturated heterocycles. The van der Waals surface area contributed by atoms with Gasteiger partial charge in [0.15, 0.2) is 0 Å². The summed E-state index contributed by atoms with van der Waals surface area (Å²) in [6.07, 6.45) is -1.87. The number of aliphatic hydroxyl groups is 2. The third kappa shape index (κ3) is 4.70. The zero-order valence-corrected chi connectivity index (χ0v) is 11.6. The monoisotopic (exact) mass is 287 g/mol. The average Bonchev–Trinajstić information content (AvgIpc) is 2.37. The Bertz CT molecular complexity index is 439. The topological polar surface area (TPSA) is 78.8 Å². The van der Waals surface area contributed by atoms with Gasteiger partial charge >= 0.3 is 0 Å². The first kappa shape index (κ1) is 15.8. The van der Waals surface area contributed by atoms with Gasteiger partial charge in [0, 0.05) is 19.0 Å². The van der Waals surface area contributed by atoms with Crippen molar-refractivity contribution in [2.45, 2.75) is 25.6 Å². The Balaban J connectivity index is 2.65. The number of nitrogens with one attached hydrogen (secondary N) is 1. The molecule has 0 aliphatic heterocycles. The van der Waals surface area contributed by atoms with E-state index in [2.05, 4.69) is 5.32 Å². The molecule has 5 nitrogen and oxygen atoms in total. The minimum absolute atomic E-state index is 0.177. The van der Waals surface area contributed by atoms with Crippen LogP contribution >= 0.6 is 11.6 Å². The van der Waals surface area contributed by atoms with Crippen LogP contribution in [0.25, 0.3) is 0 Å². The molecule has 2 atom stereocenters. The standard InChI is InChI=1S/C13H18ClNO4/c1-8(16)15-6-5-12(17)13(18)10-4-3-9(19-2)7-11(10)14/h3-4,7,12-13,17-18H,5-6H2,1-2H3,(H,15,16). The van der Waals surface area contributed by atoms with Crippen LogP contribution < -0.4 is 10.1 Å². The molecule has 0 saturated carbocycles. The van der Waals surface area contributed by atoms with Crippen molar-refractivity contribution in [1.29, 1.82) is 0 Å².